The van der Waals surface area contributed by atoms with Crippen molar-refractivity contribution in [3.8, 4) is 0 Å². The molecule has 1 amide bonds. The minimum atomic E-state index is -0.382. The van der Waals surface area contributed by atoms with E-state index in [1.54, 1.807) is 23.7 Å². The molecular weight excluding hydrogens is 244 g/mol. The topological polar surface area (TPSA) is 46.3 Å². The second-order valence-electron chi connectivity index (χ2n) is 4.57. The van der Waals surface area contributed by atoms with Gasteiger partial charge in [0.25, 0.3) is 0 Å². The summed E-state index contributed by atoms with van der Waals surface area (Å²) >= 11 is 1.71. The fraction of sp³-hybridized carbons (Fsp3) is 0.500. The molecule has 100 valence electrons. The smallest absolute Gasteiger partial charge is 0.239 e. The minimum absolute atomic E-state index is 0.0182. The first-order valence-electron chi connectivity index (χ1n) is 6.09. The van der Waals surface area contributed by atoms with E-state index >= 15 is 0 Å². The van der Waals surface area contributed by atoms with E-state index in [0.717, 1.165) is 17.7 Å². The van der Waals surface area contributed by atoms with Crippen molar-refractivity contribution in [3.05, 3.63) is 35.4 Å². The van der Waals surface area contributed by atoms with Crippen LogP contribution in [-0.4, -0.2) is 35.9 Å². The Labute approximate surface area is 114 Å². The highest BCUT2D eigenvalue weighted by molar-refractivity contribution is 7.98. The van der Waals surface area contributed by atoms with E-state index in [4.69, 9.17) is 5.73 Å². The Morgan fingerprint density at radius 1 is 1.39 bits per heavy atom. The quantitative estimate of drug-likeness (QED) is 0.857. The predicted octanol–water partition coefficient (Wildman–Crippen LogP) is 2.03. The van der Waals surface area contributed by atoms with Crippen LogP contribution in [0.3, 0.4) is 0 Å². The van der Waals surface area contributed by atoms with Crippen molar-refractivity contribution in [1.29, 1.82) is 0 Å². The largest absolute Gasteiger partial charge is 0.340 e. The maximum absolute atomic E-state index is 12.0. The van der Waals surface area contributed by atoms with E-state index < -0.39 is 0 Å². The number of hydrogen-bond donors (Lipinski definition) is 1. The minimum Gasteiger partial charge on any atom is -0.340 e. The third-order valence-corrected chi connectivity index (χ3v) is 3.51. The van der Waals surface area contributed by atoms with Crippen LogP contribution in [0.2, 0.25) is 0 Å². The highest BCUT2D eigenvalue weighted by Crippen LogP contribution is 2.08. The summed E-state index contributed by atoms with van der Waals surface area (Å²) in [4.78, 5) is 13.7. The highest BCUT2D eigenvalue weighted by atomic mass is 32.2. The average Bonchev–Trinajstić information content (AvgIpc) is 2.37. The van der Waals surface area contributed by atoms with Crippen LogP contribution in [0.5, 0.6) is 0 Å². The standard InChI is InChI=1S/C14H22N2OS/c1-11-4-6-12(7-5-11)10-16(2)14(17)13(15)8-9-18-3/h4-7,13H,8-10,15H2,1-3H3/t13-/m0/s1. The van der Waals surface area contributed by atoms with Gasteiger partial charge in [0, 0.05) is 13.6 Å². The molecule has 2 N–H and O–H groups in total. The zero-order valence-electron chi connectivity index (χ0n) is 11.3. The van der Waals surface area contributed by atoms with Gasteiger partial charge in [-0.25, -0.2) is 0 Å². The third-order valence-electron chi connectivity index (χ3n) is 2.87. The third kappa shape index (κ3) is 4.70. The monoisotopic (exact) mass is 266 g/mol. The lowest BCUT2D eigenvalue weighted by Gasteiger charge is -2.21. The Kier molecular flexibility index (Phi) is 6.22. The number of likely N-dealkylation sites (N-methyl/N-ethyl adjacent to an activating group) is 1. The molecule has 1 aromatic rings. The predicted molar refractivity (Wildman–Crippen MR) is 78.6 cm³/mol. The van der Waals surface area contributed by atoms with E-state index in [-0.39, 0.29) is 11.9 Å². The van der Waals surface area contributed by atoms with Crippen LogP contribution >= 0.6 is 11.8 Å². The summed E-state index contributed by atoms with van der Waals surface area (Å²) in [6.07, 6.45) is 2.76. The Hall–Kier alpha value is -1.00. The normalized spacial score (nSPS) is 12.2. The van der Waals surface area contributed by atoms with Gasteiger partial charge in [0.1, 0.15) is 0 Å². The summed E-state index contributed by atoms with van der Waals surface area (Å²) < 4.78 is 0. The van der Waals surface area contributed by atoms with Crippen LogP contribution in [0.15, 0.2) is 24.3 Å². The fourth-order valence-electron chi connectivity index (χ4n) is 1.70. The van der Waals surface area contributed by atoms with Crippen molar-refractivity contribution in [2.75, 3.05) is 19.1 Å². The van der Waals surface area contributed by atoms with Crippen LogP contribution in [0.4, 0.5) is 0 Å². The van der Waals surface area contributed by atoms with Crippen molar-refractivity contribution >= 4 is 17.7 Å². The molecule has 0 heterocycles. The Morgan fingerprint density at radius 3 is 2.56 bits per heavy atom. The number of hydrogen-bond acceptors (Lipinski definition) is 3. The first kappa shape index (κ1) is 15.1. The van der Waals surface area contributed by atoms with Crippen LogP contribution in [0.1, 0.15) is 17.5 Å². The van der Waals surface area contributed by atoms with Gasteiger partial charge < -0.3 is 10.6 Å². The molecule has 0 aromatic heterocycles. The number of nitrogens with two attached hydrogens (primary N) is 1. The van der Waals surface area contributed by atoms with E-state index in [9.17, 15) is 4.79 Å². The molecule has 0 aliphatic heterocycles. The van der Waals surface area contributed by atoms with Gasteiger partial charge in [-0.15, -0.1) is 0 Å². The first-order valence-corrected chi connectivity index (χ1v) is 7.49. The van der Waals surface area contributed by atoms with Crippen molar-refractivity contribution in [2.45, 2.75) is 25.9 Å². The van der Waals surface area contributed by atoms with Gasteiger partial charge in [0.2, 0.25) is 5.91 Å². The lowest BCUT2D eigenvalue weighted by Crippen LogP contribution is -2.41. The number of carbonyl (C=O) groups excluding carboxylic acids is 1. The zero-order valence-corrected chi connectivity index (χ0v) is 12.2. The Morgan fingerprint density at radius 2 is 2.00 bits per heavy atom. The van der Waals surface area contributed by atoms with Crippen LogP contribution < -0.4 is 5.73 Å². The molecule has 0 saturated heterocycles. The molecule has 0 radical (unpaired) electrons. The lowest BCUT2D eigenvalue weighted by molar-refractivity contribution is -0.131. The molecule has 0 bridgehead atoms. The summed E-state index contributed by atoms with van der Waals surface area (Å²) in [6, 6.07) is 7.83. The fourth-order valence-corrected chi connectivity index (χ4v) is 2.19. The number of benzene rings is 1. The number of aryl methyl sites for hydroxylation is 1. The molecule has 0 aliphatic rings. The molecule has 3 nitrogen and oxygen atoms in total. The van der Waals surface area contributed by atoms with Gasteiger partial charge in [-0.1, -0.05) is 29.8 Å². The number of rotatable bonds is 6. The second kappa shape index (κ2) is 7.44. The summed E-state index contributed by atoms with van der Waals surface area (Å²) in [6.45, 7) is 2.67. The highest BCUT2D eigenvalue weighted by Gasteiger charge is 2.17. The number of carbonyl (C=O) groups is 1. The SMILES string of the molecule is CSCC[C@H](N)C(=O)N(C)Cc1ccc(C)cc1. The van der Waals surface area contributed by atoms with Crippen LogP contribution in [0, 0.1) is 6.92 Å². The first-order chi connectivity index (χ1) is 8.54. The van der Waals surface area contributed by atoms with Gasteiger partial charge in [-0.2, -0.15) is 11.8 Å². The van der Waals surface area contributed by atoms with Crippen molar-refractivity contribution < 1.29 is 4.79 Å². The molecule has 0 saturated carbocycles. The van der Waals surface area contributed by atoms with Gasteiger partial charge in [0.15, 0.2) is 0 Å². The molecule has 1 atom stereocenters. The van der Waals surface area contributed by atoms with E-state index in [0.29, 0.717) is 6.54 Å². The summed E-state index contributed by atoms with van der Waals surface area (Å²) in [5.74, 6) is 0.940. The molecular formula is C14H22N2OS. The molecule has 1 rings (SSSR count). The Bertz CT molecular complexity index is 378. The van der Waals surface area contributed by atoms with Crippen molar-refractivity contribution in [1.82, 2.24) is 4.90 Å². The molecule has 4 heteroatoms. The molecule has 18 heavy (non-hydrogen) atoms. The summed E-state index contributed by atoms with van der Waals surface area (Å²) in [5, 5.41) is 0. The molecule has 0 unspecified atom stereocenters. The molecule has 0 aliphatic carbocycles. The van der Waals surface area contributed by atoms with Crippen molar-refractivity contribution in [2.24, 2.45) is 5.73 Å². The van der Waals surface area contributed by atoms with E-state index in [1.807, 2.05) is 18.4 Å². The van der Waals surface area contributed by atoms with Crippen LogP contribution in [0.25, 0.3) is 0 Å². The molecule has 1 aromatic carbocycles. The maximum Gasteiger partial charge on any atom is 0.239 e. The second-order valence-corrected chi connectivity index (χ2v) is 5.55. The zero-order chi connectivity index (χ0) is 13.5. The Balaban J connectivity index is 2.51. The van der Waals surface area contributed by atoms with Gasteiger partial charge in [-0.3, -0.25) is 4.79 Å². The number of thioether (sulfide) groups is 1. The summed E-state index contributed by atoms with van der Waals surface area (Å²) in [5.41, 5.74) is 8.24. The van der Waals surface area contributed by atoms with Gasteiger partial charge in [-0.05, 0) is 30.9 Å². The lowest BCUT2D eigenvalue weighted by atomic mass is 10.1. The van der Waals surface area contributed by atoms with E-state index in [2.05, 4.69) is 19.1 Å². The van der Waals surface area contributed by atoms with Gasteiger partial charge >= 0.3 is 0 Å². The van der Waals surface area contributed by atoms with Gasteiger partial charge in [0.05, 0.1) is 6.04 Å². The number of amides is 1. The molecule has 0 spiro atoms. The van der Waals surface area contributed by atoms with Crippen LogP contribution in [-0.2, 0) is 11.3 Å². The molecule has 0 fully saturated rings. The summed E-state index contributed by atoms with van der Waals surface area (Å²) in [7, 11) is 1.81. The van der Waals surface area contributed by atoms with E-state index in [1.165, 1.54) is 5.56 Å². The number of nitrogens with zero attached hydrogens (tertiary/aromatic N) is 1. The van der Waals surface area contributed by atoms with Crippen molar-refractivity contribution in [3.63, 3.8) is 0 Å². The maximum atomic E-state index is 12.0. The average molecular weight is 266 g/mol.